The predicted octanol–water partition coefficient (Wildman–Crippen LogP) is 1.44. The van der Waals surface area contributed by atoms with Gasteiger partial charge in [0.05, 0.1) is 18.9 Å². The third kappa shape index (κ3) is 8.14. The first-order chi connectivity index (χ1) is 18.7. The van der Waals surface area contributed by atoms with E-state index < -0.39 is 29.9 Å². The van der Waals surface area contributed by atoms with Crippen LogP contribution in [0, 0.1) is 0 Å². The quantitative estimate of drug-likeness (QED) is 0.384. The summed E-state index contributed by atoms with van der Waals surface area (Å²) >= 11 is 0. The first-order valence-corrected chi connectivity index (χ1v) is 12.9. The molecule has 12 heteroatoms. The molecule has 2 heterocycles. The number of nitrogens with zero attached hydrogens (tertiary/aromatic N) is 4. The van der Waals surface area contributed by atoms with E-state index in [4.69, 9.17) is 4.74 Å². The first-order valence-electron chi connectivity index (χ1n) is 12.9. The molecular formula is C27H35N5O7. The summed E-state index contributed by atoms with van der Waals surface area (Å²) in [4.78, 5) is 59.3. The molecule has 1 aromatic heterocycles. The van der Waals surface area contributed by atoms with E-state index in [2.05, 4.69) is 10.3 Å². The number of rotatable bonds is 11. The largest absolute Gasteiger partial charge is 0.481 e. The van der Waals surface area contributed by atoms with Gasteiger partial charge in [-0.3, -0.25) is 14.4 Å². The number of aliphatic hydroxyl groups excluding tert-OH is 1. The summed E-state index contributed by atoms with van der Waals surface area (Å²) in [6, 6.07) is 11.6. The second-order valence-electron chi connectivity index (χ2n) is 9.08. The topological polar surface area (TPSA) is 153 Å². The van der Waals surface area contributed by atoms with E-state index in [1.54, 1.807) is 31.0 Å². The number of ether oxygens (including phenoxy) is 1. The second-order valence-corrected chi connectivity index (χ2v) is 9.08. The monoisotopic (exact) mass is 541 g/mol. The number of carboxylic acid groups (broad SMARTS) is 1. The number of carbonyl (C=O) groups excluding carboxylic acids is 3. The minimum atomic E-state index is -1.09. The minimum Gasteiger partial charge on any atom is -0.481 e. The van der Waals surface area contributed by atoms with E-state index in [1.807, 2.05) is 30.3 Å². The van der Waals surface area contributed by atoms with Crippen molar-refractivity contribution in [3.05, 3.63) is 48.2 Å². The van der Waals surface area contributed by atoms with Gasteiger partial charge in [0.2, 0.25) is 5.91 Å². The van der Waals surface area contributed by atoms with Crippen LogP contribution >= 0.6 is 0 Å². The zero-order valence-electron chi connectivity index (χ0n) is 22.2. The van der Waals surface area contributed by atoms with Gasteiger partial charge in [0.25, 0.3) is 5.91 Å². The Morgan fingerprint density at radius 3 is 2.36 bits per heavy atom. The SMILES string of the molecule is CCOC(=O)N1CCN(C(=O)[C@H](CCC(=O)O)NC(=O)c2cc(N(C)CCO)cc(-c3ccccc3)n2)CC1. The number of aromatic nitrogens is 1. The standard InChI is InChI=1S/C27H35N5O7/c1-3-39-27(38)32-13-11-31(12-14-32)26(37)21(9-10-24(34)35)29-25(36)23-18-20(30(2)15-16-33)17-22(28-23)19-7-5-4-6-8-19/h4-8,17-18,21,33H,3,9-16H2,1-2H3,(H,29,36)(H,34,35)/t21-/m0/s1. The third-order valence-corrected chi connectivity index (χ3v) is 6.36. The van der Waals surface area contributed by atoms with Crippen molar-refractivity contribution < 1.29 is 34.1 Å². The number of anilines is 1. The van der Waals surface area contributed by atoms with Crippen molar-refractivity contribution in [1.82, 2.24) is 20.1 Å². The Kier molecular flexibility index (Phi) is 10.6. The minimum absolute atomic E-state index is 0.0522. The Labute approximate surface area is 227 Å². The molecule has 1 aliphatic heterocycles. The third-order valence-electron chi connectivity index (χ3n) is 6.36. The molecule has 1 fully saturated rings. The molecule has 2 aromatic rings. The van der Waals surface area contributed by atoms with E-state index in [0.29, 0.717) is 17.9 Å². The molecular weight excluding hydrogens is 506 g/mol. The number of aliphatic carboxylic acids is 1. The fraction of sp³-hybridized carbons (Fsp3) is 0.444. The summed E-state index contributed by atoms with van der Waals surface area (Å²) in [6.45, 7) is 3.21. The van der Waals surface area contributed by atoms with Crippen LogP contribution in [-0.2, 0) is 14.3 Å². The lowest BCUT2D eigenvalue weighted by molar-refractivity contribution is -0.138. The number of piperazine rings is 1. The van der Waals surface area contributed by atoms with E-state index in [0.717, 1.165) is 5.56 Å². The number of aliphatic hydroxyl groups is 1. The van der Waals surface area contributed by atoms with Gasteiger partial charge in [0.15, 0.2) is 0 Å². The fourth-order valence-corrected chi connectivity index (χ4v) is 4.19. The van der Waals surface area contributed by atoms with E-state index in [1.165, 1.54) is 9.80 Å². The summed E-state index contributed by atoms with van der Waals surface area (Å²) < 4.78 is 5.01. The van der Waals surface area contributed by atoms with Crippen molar-refractivity contribution in [2.24, 2.45) is 0 Å². The number of pyridine rings is 1. The average molecular weight is 542 g/mol. The number of benzene rings is 1. The molecule has 1 atom stereocenters. The smallest absolute Gasteiger partial charge is 0.409 e. The molecule has 0 aliphatic carbocycles. The molecule has 1 aliphatic rings. The van der Waals surface area contributed by atoms with Crippen LogP contribution in [0.3, 0.4) is 0 Å². The fourth-order valence-electron chi connectivity index (χ4n) is 4.19. The summed E-state index contributed by atoms with van der Waals surface area (Å²) in [6.07, 6.45) is -0.874. The summed E-state index contributed by atoms with van der Waals surface area (Å²) in [7, 11) is 1.77. The highest BCUT2D eigenvalue weighted by Gasteiger charge is 2.31. The van der Waals surface area contributed by atoms with Gasteiger partial charge in [-0.15, -0.1) is 0 Å². The van der Waals surface area contributed by atoms with Gasteiger partial charge in [0, 0.05) is 57.4 Å². The lowest BCUT2D eigenvalue weighted by Crippen LogP contribution is -2.56. The molecule has 3 rings (SSSR count). The van der Waals surface area contributed by atoms with Crippen LogP contribution in [0.5, 0.6) is 0 Å². The zero-order chi connectivity index (χ0) is 28.4. The van der Waals surface area contributed by atoms with E-state index in [-0.39, 0.29) is 57.9 Å². The number of carboxylic acids is 1. The Hall–Kier alpha value is -4.19. The van der Waals surface area contributed by atoms with Gasteiger partial charge >= 0.3 is 12.1 Å². The second kappa shape index (κ2) is 14.1. The molecule has 210 valence electrons. The number of carbonyl (C=O) groups is 4. The first kappa shape index (κ1) is 29.4. The average Bonchev–Trinajstić information content (AvgIpc) is 2.95. The number of hydrogen-bond acceptors (Lipinski definition) is 8. The Morgan fingerprint density at radius 2 is 1.74 bits per heavy atom. The molecule has 3 N–H and O–H groups in total. The van der Waals surface area contributed by atoms with Crippen molar-refractivity contribution in [1.29, 1.82) is 0 Å². The van der Waals surface area contributed by atoms with Crippen LogP contribution in [0.2, 0.25) is 0 Å². The van der Waals surface area contributed by atoms with Crippen LogP contribution in [0.15, 0.2) is 42.5 Å². The molecule has 0 bridgehead atoms. The molecule has 0 radical (unpaired) electrons. The molecule has 12 nitrogen and oxygen atoms in total. The Balaban J connectivity index is 1.82. The van der Waals surface area contributed by atoms with Crippen molar-refractivity contribution in [3.8, 4) is 11.3 Å². The van der Waals surface area contributed by atoms with Crippen molar-refractivity contribution in [2.75, 3.05) is 57.9 Å². The lowest BCUT2D eigenvalue weighted by atomic mass is 10.1. The maximum Gasteiger partial charge on any atom is 0.409 e. The van der Waals surface area contributed by atoms with Crippen molar-refractivity contribution in [2.45, 2.75) is 25.8 Å². The van der Waals surface area contributed by atoms with Gasteiger partial charge in [-0.1, -0.05) is 30.3 Å². The molecule has 1 aromatic carbocycles. The van der Waals surface area contributed by atoms with E-state index >= 15 is 0 Å². The molecule has 1 saturated heterocycles. The maximum atomic E-state index is 13.4. The highest BCUT2D eigenvalue weighted by atomic mass is 16.6. The molecule has 0 saturated carbocycles. The van der Waals surface area contributed by atoms with Crippen molar-refractivity contribution in [3.63, 3.8) is 0 Å². The Bertz CT molecular complexity index is 1150. The van der Waals surface area contributed by atoms with Gasteiger partial charge in [0.1, 0.15) is 11.7 Å². The number of amides is 3. The van der Waals surface area contributed by atoms with Gasteiger partial charge in [-0.2, -0.15) is 0 Å². The van der Waals surface area contributed by atoms with Crippen LogP contribution in [0.4, 0.5) is 10.5 Å². The molecule has 39 heavy (non-hydrogen) atoms. The van der Waals surface area contributed by atoms with Gasteiger partial charge < -0.3 is 35.0 Å². The van der Waals surface area contributed by atoms with Crippen LogP contribution < -0.4 is 10.2 Å². The number of hydrogen-bond donors (Lipinski definition) is 3. The normalized spacial score (nSPS) is 13.9. The predicted molar refractivity (Wildman–Crippen MR) is 143 cm³/mol. The van der Waals surface area contributed by atoms with Crippen molar-refractivity contribution >= 4 is 29.6 Å². The van der Waals surface area contributed by atoms with Crippen LogP contribution in [0.25, 0.3) is 11.3 Å². The Morgan fingerprint density at radius 1 is 1.08 bits per heavy atom. The summed E-state index contributed by atoms with van der Waals surface area (Å²) in [5.74, 6) is -2.14. The highest BCUT2D eigenvalue weighted by Crippen LogP contribution is 2.24. The maximum absolute atomic E-state index is 13.4. The number of nitrogens with one attached hydrogen (secondary N) is 1. The van der Waals surface area contributed by atoms with Gasteiger partial charge in [-0.25, -0.2) is 9.78 Å². The van der Waals surface area contributed by atoms with Crippen LogP contribution in [-0.4, -0.2) is 108 Å². The van der Waals surface area contributed by atoms with Gasteiger partial charge in [-0.05, 0) is 25.5 Å². The summed E-state index contributed by atoms with van der Waals surface area (Å²) in [5.41, 5.74) is 2.01. The highest BCUT2D eigenvalue weighted by molar-refractivity contribution is 5.97. The van der Waals surface area contributed by atoms with E-state index in [9.17, 15) is 29.4 Å². The van der Waals surface area contributed by atoms with Crippen LogP contribution in [0.1, 0.15) is 30.3 Å². The molecule has 0 unspecified atom stereocenters. The molecule has 0 spiro atoms. The zero-order valence-corrected chi connectivity index (χ0v) is 22.2. The number of likely N-dealkylation sites (N-methyl/N-ethyl adjacent to an activating group) is 1. The summed E-state index contributed by atoms with van der Waals surface area (Å²) in [5, 5.41) is 21.3. The lowest BCUT2D eigenvalue weighted by Gasteiger charge is -2.36. The molecule has 3 amide bonds.